The topological polar surface area (TPSA) is 84.2 Å². The fraction of sp³-hybridized carbons (Fsp3) is 0.500. The predicted octanol–water partition coefficient (Wildman–Crippen LogP) is 1.64. The summed E-state index contributed by atoms with van der Waals surface area (Å²) in [7, 11) is 0. The third kappa shape index (κ3) is 3.11. The number of rotatable bonds is 2. The summed E-state index contributed by atoms with van der Waals surface area (Å²) in [6.45, 7) is 0. The smallest absolute Gasteiger partial charge is 0.228 e. The molecule has 1 aromatic rings. The number of carbonyl (C=O) groups is 2. The maximum atomic E-state index is 13.3. The van der Waals surface area contributed by atoms with Crippen molar-refractivity contribution in [1.29, 1.82) is 0 Å². The molecule has 3 rings (SSSR count). The first kappa shape index (κ1) is 15.0. The number of nitrogens with one attached hydrogen (secondary N) is 2. The largest absolute Gasteiger partial charge is 0.353 e. The molecule has 0 saturated heterocycles. The number of benzene rings is 1. The van der Waals surface area contributed by atoms with E-state index < -0.39 is 11.7 Å². The molecule has 0 radical (unpaired) electrons. The Labute approximate surface area is 128 Å². The number of hydrogen-bond donors (Lipinski definition) is 3. The van der Waals surface area contributed by atoms with Crippen LogP contribution in [0.1, 0.15) is 43.6 Å². The molecule has 1 aliphatic heterocycles. The van der Waals surface area contributed by atoms with Gasteiger partial charge in [0.15, 0.2) is 0 Å². The second-order valence-electron chi connectivity index (χ2n) is 6.16. The normalized spacial score (nSPS) is 27.7. The molecule has 2 amide bonds. The quantitative estimate of drug-likeness (QED) is 0.776. The van der Waals surface area contributed by atoms with Crippen molar-refractivity contribution in [3.05, 3.63) is 29.6 Å². The van der Waals surface area contributed by atoms with E-state index in [2.05, 4.69) is 10.6 Å². The van der Waals surface area contributed by atoms with Crippen molar-refractivity contribution >= 4 is 17.5 Å². The Bertz CT molecular complexity index is 597. The van der Waals surface area contributed by atoms with Crippen LogP contribution >= 0.6 is 0 Å². The van der Waals surface area contributed by atoms with Crippen LogP contribution in [0.5, 0.6) is 0 Å². The third-order valence-electron chi connectivity index (χ3n) is 4.49. The highest BCUT2D eigenvalue weighted by molar-refractivity contribution is 6.01. The molecule has 1 unspecified atom stereocenters. The van der Waals surface area contributed by atoms with Crippen LogP contribution in [0.2, 0.25) is 0 Å². The SMILES string of the molecule is NC1CCC(NC(=O)C2CC(=O)Nc3cc(F)ccc32)CC1. The minimum Gasteiger partial charge on any atom is -0.353 e. The van der Waals surface area contributed by atoms with E-state index in [9.17, 15) is 14.0 Å². The van der Waals surface area contributed by atoms with Crippen LogP contribution in [0, 0.1) is 5.82 Å². The summed E-state index contributed by atoms with van der Waals surface area (Å²) in [6, 6.07) is 4.48. The van der Waals surface area contributed by atoms with Crippen molar-refractivity contribution in [2.75, 3.05) is 5.32 Å². The van der Waals surface area contributed by atoms with Gasteiger partial charge >= 0.3 is 0 Å². The number of fused-ring (bicyclic) bond motifs is 1. The van der Waals surface area contributed by atoms with E-state index >= 15 is 0 Å². The zero-order valence-corrected chi connectivity index (χ0v) is 12.3. The van der Waals surface area contributed by atoms with Crippen LogP contribution < -0.4 is 16.4 Å². The molecule has 118 valence electrons. The van der Waals surface area contributed by atoms with Crippen molar-refractivity contribution in [3.63, 3.8) is 0 Å². The lowest BCUT2D eigenvalue weighted by atomic mass is 9.87. The van der Waals surface area contributed by atoms with Crippen molar-refractivity contribution in [2.24, 2.45) is 5.73 Å². The molecule has 1 heterocycles. The fourth-order valence-electron chi connectivity index (χ4n) is 3.24. The molecular weight excluding hydrogens is 285 g/mol. The van der Waals surface area contributed by atoms with Crippen LogP contribution in [0.15, 0.2) is 18.2 Å². The summed E-state index contributed by atoms with van der Waals surface area (Å²) in [4.78, 5) is 24.3. The summed E-state index contributed by atoms with van der Waals surface area (Å²) in [5, 5.41) is 5.64. The monoisotopic (exact) mass is 305 g/mol. The molecule has 6 heteroatoms. The van der Waals surface area contributed by atoms with E-state index in [1.165, 1.54) is 12.1 Å². The molecule has 5 nitrogen and oxygen atoms in total. The Morgan fingerprint density at radius 1 is 1.27 bits per heavy atom. The maximum Gasteiger partial charge on any atom is 0.228 e. The van der Waals surface area contributed by atoms with Crippen LogP contribution in [0.25, 0.3) is 0 Å². The van der Waals surface area contributed by atoms with Gasteiger partial charge in [0.1, 0.15) is 5.82 Å². The number of nitrogens with two attached hydrogens (primary N) is 1. The number of carbonyl (C=O) groups excluding carboxylic acids is 2. The number of hydrogen-bond acceptors (Lipinski definition) is 3. The minimum absolute atomic E-state index is 0.0939. The van der Waals surface area contributed by atoms with E-state index in [4.69, 9.17) is 5.73 Å². The first-order valence-corrected chi connectivity index (χ1v) is 7.68. The zero-order valence-electron chi connectivity index (χ0n) is 12.3. The highest BCUT2D eigenvalue weighted by Crippen LogP contribution is 2.33. The first-order chi connectivity index (χ1) is 10.5. The van der Waals surface area contributed by atoms with E-state index in [-0.39, 0.29) is 30.3 Å². The highest BCUT2D eigenvalue weighted by Gasteiger charge is 2.32. The molecule has 1 aromatic carbocycles. The van der Waals surface area contributed by atoms with Crippen LogP contribution in [0.4, 0.5) is 10.1 Å². The molecule has 0 aromatic heterocycles. The van der Waals surface area contributed by atoms with Gasteiger partial charge in [-0.3, -0.25) is 9.59 Å². The minimum atomic E-state index is -0.556. The molecule has 1 fully saturated rings. The van der Waals surface area contributed by atoms with Gasteiger partial charge in [-0.25, -0.2) is 4.39 Å². The second-order valence-corrected chi connectivity index (χ2v) is 6.16. The Hall–Kier alpha value is -1.95. The van der Waals surface area contributed by atoms with Gasteiger partial charge in [0.05, 0.1) is 5.92 Å². The van der Waals surface area contributed by atoms with Crippen molar-refractivity contribution in [3.8, 4) is 0 Å². The Kier molecular flexibility index (Phi) is 4.11. The molecule has 1 aliphatic carbocycles. The second kappa shape index (κ2) is 6.04. The van der Waals surface area contributed by atoms with Crippen molar-refractivity contribution in [2.45, 2.75) is 50.1 Å². The van der Waals surface area contributed by atoms with Gasteiger partial charge in [0, 0.05) is 24.2 Å². The predicted molar refractivity (Wildman–Crippen MR) is 80.8 cm³/mol. The number of anilines is 1. The molecule has 1 saturated carbocycles. The van der Waals surface area contributed by atoms with Crippen LogP contribution in [-0.4, -0.2) is 23.9 Å². The summed E-state index contributed by atoms with van der Waals surface area (Å²) in [6.07, 6.45) is 3.62. The molecule has 0 spiro atoms. The fourth-order valence-corrected chi connectivity index (χ4v) is 3.24. The maximum absolute atomic E-state index is 13.3. The van der Waals surface area contributed by atoms with E-state index in [1.54, 1.807) is 6.07 Å². The lowest BCUT2D eigenvalue weighted by Gasteiger charge is -2.30. The van der Waals surface area contributed by atoms with E-state index in [0.29, 0.717) is 11.3 Å². The lowest BCUT2D eigenvalue weighted by molar-refractivity contribution is -0.127. The Morgan fingerprint density at radius 3 is 2.73 bits per heavy atom. The third-order valence-corrected chi connectivity index (χ3v) is 4.49. The Morgan fingerprint density at radius 2 is 2.00 bits per heavy atom. The van der Waals surface area contributed by atoms with Crippen LogP contribution in [0.3, 0.4) is 0 Å². The van der Waals surface area contributed by atoms with Crippen molar-refractivity contribution < 1.29 is 14.0 Å². The first-order valence-electron chi connectivity index (χ1n) is 7.68. The Balaban J connectivity index is 1.74. The van der Waals surface area contributed by atoms with Gasteiger partial charge in [-0.2, -0.15) is 0 Å². The number of halogens is 1. The number of amides is 2. The van der Waals surface area contributed by atoms with Gasteiger partial charge in [-0.1, -0.05) is 6.07 Å². The summed E-state index contributed by atoms with van der Waals surface area (Å²) in [5.41, 5.74) is 6.93. The van der Waals surface area contributed by atoms with E-state index in [1.807, 2.05) is 0 Å². The van der Waals surface area contributed by atoms with Crippen molar-refractivity contribution in [1.82, 2.24) is 5.32 Å². The van der Waals surface area contributed by atoms with Gasteiger partial charge in [0.25, 0.3) is 0 Å². The molecule has 2 aliphatic rings. The van der Waals surface area contributed by atoms with E-state index in [0.717, 1.165) is 25.7 Å². The van der Waals surface area contributed by atoms with Gasteiger partial charge in [0.2, 0.25) is 11.8 Å². The molecule has 0 bridgehead atoms. The highest BCUT2D eigenvalue weighted by atomic mass is 19.1. The van der Waals surface area contributed by atoms with Gasteiger partial charge in [-0.15, -0.1) is 0 Å². The summed E-state index contributed by atoms with van der Waals surface area (Å²) < 4.78 is 13.3. The lowest BCUT2D eigenvalue weighted by Crippen LogP contribution is -2.43. The average Bonchev–Trinajstić information content (AvgIpc) is 2.48. The zero-order chi connectivity index (χ0) is 15.7. The summed E-state index contributed by atoms with van der Waals surface area (Å²) in [5.74, 6) is -1.41. The molecule has 1 atom stereocenters. The molecule has 22 heavy (non-hydrogen) atoms. The summed E-state index contributed by atoms with van der Waals surface area (Å²) >= 11 is 0. The molecule has 4 N–H and O–H groups in total. The average molecular weight is 305 g/mol. The standard InChI is InChI=1S/C16H20FN3O2/c17-9-1-6-12-13(8-15(21)20-14(12)7-9)16(22)19-11-4-2-10(18)3-5-11/h1,6-7,10-11,13H,2-5,8,18H2,(H,19,22)(H,20,21). The van der Waals surface area contributed by atoms with Crippen LogP contribution in [-0.2, 0) is 9.59 Å². The molecular formula is C16H20FN3O2. The van der Waals surface area contributed by atoms with Gasteiger partial charge < -0.3 is 16.4 Å². The van der Waals surface area contributed by atoms with Gasteiger partial charge in [-0.05, 0) is 43.4 Å².